The van der Waals surface area contributed by atoms with Crippen LogP contribution in [0.5, 0.6) is 0 Å². The highest BCUT2D eigenvalue weighted by atomic mass is 19.1. The van der Waals surface area contributed by atoms with Crippen LogP contribution in [0.3, 0.4) is 0 Å². The van der Waals surface area contributed by atoms with Gasteiger partial charge >= 0.3 is 5.97 Å². The maximum Gasteiger partial charge on any atom is 0.306 e. The number of benzene rings is 2. The molecule has 2 fully saturated rings. The zero-order chi connectivity index (χ0) is 38.8. The van der Waals surface area contributed by atoms with Gasteiger partial charge in [-0.2, -0.15) is 0 Å². The number of imidazole rings is 2. The molecular formula is C44H54FN7O3. The van der Waals surface area contributed by atoms with Gasteiger partial charge in [0.15, 0.2) is 17.5 Å². The van der Waals surface area contributed by atoms with Gasteiger partial charge in [0.2, 0.25) is 0 Å². The van der Waals surface area contributed by atoms with Crippen molar-refractivity contribution in [1.82, 2.24) is 28.9 Å². The van der Waals surface area contributed by atoms with Gasteiger partial charge in [-0.05, 0) is 111 Å². The first kappa shape index (κ1) is 37.3. The molecule has 4 aliphatic rings. The molecule has 8 rings (SSSR count). The number of fused-ring (bicyclic) bond motifs is 4. The standard InChI is InChI=1S/C44H54FN7O3/c1-26(2)52-20-16-39-37(24-52)46-40(49(39)5)34(45)21-29-9-7-10-31(27(29)3)32-11-8-12-35(28(32)4)48-42(53)41-47-36-23-51(19-15-38(36)50(41)6)25-44-17-13-30(22-44)33(14-18-44)43(54)55/h7-12,21,26,30,33H,13-20,22-25H2,1-6H3,(H,48,53)(H,54,55)/b34-21-. The number of aliphatic carboxylic acids is 1. The van der Waals surface area contributed by atoms with Crippen molar-refractivity contribution in [3.63, 3.8) is 0 Å². The monoisotopic (exact) mass is 747 g/mol. The first-order chi connectivity index (χ1) is 26.3. The van der Waals surface area contributed by atoms with Crippen LogP contribution in [-0.4, -0.2) is 71.6 Å². The van der Waals surface area contributed by atoms with E-state index in [1.54, 1.807) is 6.08 Å². The molecule has 290 valence electrons. The smallest absolute Gasteiger partial charge is 0.306 e. The number of nitrogens with one attached hydrogen (secondary N) is 1. The van der Waals surface area contributed by atoms with E-state index in [4.69, 9.17) is 9.97 Å². The van der Waals surface area contributed by atoms with E-state index in [2.05, 4.69) is 29.0 Å². The summed E-state index contributed by atoms with van der Waals surface area (Å²) in [5, 5.41) is 12.8. The third kappa shape index (κ3) is 6.84. The molecule has 4 aromatic rings. The van der Waals surface area contributed by atoms with Crippen LogP contribution in [0.1, 0.15) is 102 Å². The average molecular weight is 748 g/mol. The topological polar surface area (TPSA) is 109 Å². The van der Waals surface area contributed by atoms with E-state index in [-0.39, 0.29) is 23.1 Å². The Morgan fingerprint density at radius 3 is 2.33 bits per heavy atom. The molecule has 2 N–H and O–H groups in total. The third-order valence-corrected chi connectivity index (χ3v) is 13.5. The van der Waals surface area contributed by atoms with E-state index in [1.165, 1.54) is 0 Å². The number of carbonyl (C=O) groups is 2. The van der Waals surface area contributed by atoms with Crippen molar-refractivity contribution < 1.29 is 19.1 Å². The SMILES string of the molecule is Cc1c(/C=C(\F)c2nc3c(n2C)CCN(C(C)C)C3)cccc1-c1cccc(NC(=O)c2nc3c(n2C)CCN(CC24CCC(C2)C(C(=O)O)CC4)C3)c1C. The number of carboxylic acid groups (broad SMARTS) is 1. The Bertz CT molecular complexity index is 2200. The van der Waals surface area contributed by atoms with Crippen molar-refractivity contribution >= 4 is 29.5 Å². The van der Waals surface area contributed by atoms with E-state index < -0.39 is 5.97 Å². The van der Waals surface area contributed by atoms with Crippen molar-refractivity contribution in [1.29, 1.82) is 0 Å². The summed E-state index contributed by atoms with van der Waals surface area (Å²) in [5.74, 6) is -0.386. The second-order valence-corrected chi connectivity index (χ2v) is 17.0. The fourth-order valence-electron chi connectivity index (χ4n) is 10.2. The van der Waals surface area contributed by atoms with Crippen LogP contribution in [-0.2, 0) is 44.8 Å². The Morgan fingerprint density at radius 2 is 1.58 bits per heavy atom. The summed E-state index contributed by atoms with van der Waals surface area (Å²) in [5.41, 5.74) is 9.58. The zero-order valence-electron chi connectivity index (χ0n) is 33.1. The van der Waals surface area contributed by atoms with E-state index in [0.29, 0.717) is 35.8 Å². The number of anilines is 1. The predicted molar refractivity (Wildman–Crippen MR) is 213 cm³/mol. The summed E-state index contributed by atoms with van der Waals surface area (Å²) in [4.78, 5) is 40.1. The highest BCUT2D eigenvalue weighted by Crippen LogP contribution is 2.54. The summed E-state index contributed by atoms with van der Waals surface area (Å²) in [6.07, 6.45) is 8.12. The number of aromatic nitrogens is 4. The molecule has 2 aromatic carbocycles. The second kappa shape index (κ2) is 14.5. The fourth-order valence-corrected chi connectivity index (χ4v) is 10.2. The van der Waals surface area contributed by atoms with Crippen molar-refractivity contribution in [3.8, 4) is 11.1 Å². The number of rotatable bonds is 9. The molecule has 55 heavy (non-hydrogen) atoms. The van der Waals surface area contributed by atoms with E-state index >= 15 is 4.39 Å². The molecule has 2 aliphatic heterocycles. The van der Waals surface area contributed by atoms with Gasteiger partial charge in [-0.3, -0.25) is 19.4 Å². The molecule has 2 saturated carbocycles. The summed E-state index contributed by atoms with van der Waals surface area (Å²) < 4.78 is 19.8. The summed E-state index contributed by atoms with van der Waals surface area (Å²) in [6, 6.07) is 12.2. The van der Waals surface area contributed by atoms with E-state index in [1.807, 2.05) is 73.5 Å². The molecule has 11 heteroatoms. The minimum absolute atomic E-state index is 0.189. The summed E-state index contributed by atoms with van der Waals surface area (Å²) in [6.45, 7) is 12.6. The van der Waals surface area contributed by atoms with Gasteiger partial charge in [0.05, 0.1) is 17.3 Å². The van der Waals surface area contributed by atoms with Gasteiger partial charge in [0, 0.05) is 82.8 Å². The lowest BCUT2D eigenvalue weighted by atomic mass is 9.71. The maximum absolute atomic E-state index is 16.0. The summed E-state index contributed by atoms with van der Waals surface area (Å²) in [7, 11) is 3.83. The molecule has 0 saturated heterocycles. The number of halogens is 1. The third-order valence-electron chi connectivity index (χ3n) is 13.5. The second-order valence-electron chi connectivity index (χ2n) is 17.0. The molecule has 2 aromatic heterocycles. The Balaban J connectivity index is 0.978. The van der Waals surface area contributed by atoms with E-state index in [0.717, 1.165) is 122 Å². The zero-order valence-corrected chi connectivity index (χ0v) is 33.1. The molecule has 4 heterocycles. The lowest BCUT2D eigenvalue weighted by Crippen LogP contribution is -2.42. The first-order valence-electron chi connectivity index (χ1n) is 20.0. The van der Waals surface area contributed by atoms with E-state index in [9.17, 15) is 14.7 Å². The molecular weight excluding hydrogens is 694 g/mol. The van der Waals surface area contributed by atoms with Gasteiger partial charge in [-0.15, -0.1) is 0 Å². The molecule has 2 bridgehead atoms. The quantitative estimate of drug-likeness (QED) is 0.182. The van der Waals surface area contributed by atoms with Crippen LogP contribution in [0.25, 0.3) is 23.0 Å². The van der Waals surface area contributed by atoms with Crippen molar-refractivity contribution in [2.24, 2.45) is 31.3 Å². The van der Waals surface area contributed by atoms with Crippen LogP contribution in [0, 0.1) is 31.1 Å². The normalized spacial score (nSPS) is 22.9. The van der Waals surface area contributed by atoms with Gasteiger partial charge in [0.25, 0.3) is 5.91 Å². The molecule has 2 aliphatic carbocycles. The van der Waals surface area contributed by atoms with Crippen molar-refractivity contribution in [2.75, 3.05) is 25.0 Å². The largest absolute Gasteiger partial charge is 0.481 e. The van der Waals surface area contributed by atoms with Crippen LogP contribution in [0.4, 0.5) is 10.1 Å². The molecule has 10 nitrogen and oxygen atoms in total. The minimum Gasteiger partial charge on any atom is -0.481 e. The first-order valence-corrected chi connectivity index (χ1v) is 20.0. The maximum atomic E-state index is 16.0. The Kier molecular flexibility index (Phi) is 9.82. The number of carbonyl (C=O) groups excluding carboxylic acids is 1. The van der Waals surface area contributed by atoms with Crippen molar-refractivity contribution in [3.05, 3.63) is 87.5 Å². The van der Waals surface area contributed by atoms with Crippen LogP contribution in [0.2, 0.25) is 0 Å². The van der Waals surface area contributed by atoms with Gasteiger partial charge < -0.3 is 19.6 Å². The molecule has 0 spiro atoms. The van der Waals surface area contributed by atoms with Gasteiger partial charge in [0.1, 0.15) is 0 Å². The number of hydrogen-bond acceptors (Lipinski definition) is 6. The van der Waals surface area contributed by atoms with Crippen LogP contribution < -0.4 is 5.32 Å². The molecule has 0 radical (unpaired) electrons. The lowest BCUT2D eigenvalue weighted by molar-refractivity contribution is -0.145. The number of hydrogen-bond donors (Lipinski definition) is 2. The van der Waals surface area contributed by atoms with Gasteiger partial charge in [-0.25, -0.2) is 14.4 Å². The predicted octanol–water partition coefficient (Wildman–Crippen LogP) is 7.56. The number of amides is 1. The highest BCUT2D eigenvalue weighted by Gasteiger charge is 2.49. The number of carboxylic acids is 1. The highest BCUT2D eigenvalue weighted by molar-refractivity contribution is 6.03. The van der Waals surface area contributed by atoms with Crippen molar-refractivity contribution in [2.45, 2.75) is 91.8 Å². The van der Waals surface area contributed by atoms with Crippen LogP contribution in [0.15, 0.2) is 36.4 Å². The van der Waals surface area contributed by atoms with Crippen LogP contribution >= 0.6 is 0 Å². The lowest BCUT2D eigenvalue weighted by Gasteiger charge is -2.40. The van der Waals surface area contributed by atoms with Gasteiger partial charge in [-0.1, -0.05) is 30.3 Å². The molecule has 3 atom stereocenters. The Labute approximate surface area is 323 Å². The fraction of sp³-hybridized carbons (Fsp3) is 0.500. The molecule has 1 amide bonds. The molecule has 3 unspecified atom stereocenters. The average Bonchev–Trinajstić information content (AvgIpc) is 3.79. The minimum atomic E-state index is -0.633. The number of nitrogens with zero attached hydrogens (tertiary/aromatic N) is 6. The Hall–Kier alpha value is -4.61. The Morgan fingerprint density at radius 1 is 0.927 bits per heavy atom. The summed E-state index contributed by atoms with van der Waals surface area (Å²) >= 11 is 0.